The predicted molar refractivity (Wildman–Crippen MR) is 107 cm³/mol. The van der Waals surface area contributed by atoms with Gasteiger partial charge in [0, 0.05) is 37.4 Å². The van der Waals surface area contributed by atoms with Crippen LogP contribution in [0.5, 0.6) is 5.75 Å². The lowest BCUT2D eigenvalue weighted by Gasteiger charge is -2.20. The summed E-state index contributed by atoms with van der Waals surface area (Å²) in [6.45, 7) is 2.90. The van der Waals surface area contributed by atoms with Gasteiger partial charge in [0.05, 0.1) is 12.8 Å². The summed E-state index contributed by atoms with van der Waals surface area (Å²) >= 11 is 0. The molecule has 2 atom stereocenters. The van der Waals surface area contributed by atoms with E-state index in [1.54, 1.807) is 30.2 Å². The molecule has 2 aromatic rings. The van der Waals surface area contributed by atoms with Crippen LogP contribution >= 0.6 is 0 Å². The fourth-order valence-electron chi connectivity index (χ4n) is 3.79. The lowest BCUT2D eigenvalue weighted by molar-refractivity contribution is -0.117. The van der Waals surface area contributed by atoms with Crippen LogP contribution in [0.1, 0.15) is 50.0 Å². The van der Waals surface area contributed by atoms with E-state index >= 15 is 0 Å². The first-order valence-electron chi connectivity index (χ1n) is 9.92. The van der Waals surface area contributed by atoms with E-state index in [2.05, 4.69) is 12.2 Å². The van der Waals surface area contributed by atoms with Crippen LogP contribution in [0, 0.1) is 5.92 Å². The summed E-state index contributed by atoms with van der Waals surface area (Å²) in [5, 5.41) is 2.92. The highest BCUT2D eigenvalue weighted by atomic mass is 16.5. The molecule has 0 bridgehead atoms. The quantitative estimate of drug-likeness (QED) is 0.782. The van der Waals surface area contributed by atoms with Crippen molar-refractivity contribution in [2.45, 2.75) is 44.9 Å². The van der Waals surface area contributed by atoms with Gasteiger partial charge in [-0.25, -0.2) is 0 Å². The third-order valence-corrected chi connectivity index (χ3v) is 5.58. The minimum Gasteiger partial charge on any atom is -0.495 e. The van der Waals surface area contributed by atoms with Crippen LogP contribution in [0.2, 0.25) is 0 Å². The molecule has 1 aromatic carbocycles. The Morgan fingerprint density at radius 2 is 2.14 bits per heavy atom. The Hall–Kier alpha value is -2.76. The zero-order valence-corrected chi connectivity index (χ0v) is 16.4. The lowest BCUT2D eigenvalue weighted by atomic mass is 10.2. The second kappa shape index (κ2) is 7.70. The van der Waals surface area contributed by atoms with Gasteiger partial charge < -0.3 is 19.4 Å². The van der Waals surface area contributed by atoms with Crippen molar-refractivity contribution in [1.82, 2.24) is 0 Å². The molecule has 0 spiro atoms. The van der Waals surface area contributed by atoms with Crippen LogP contribution in [0.4, 0.5) is 11.4 Å². The van der Waals surface area contributed by atoms with E-state index in [4.69, 9.17) is 9.15 Å². The van der Waals surface area contributed by atoms with E-state index in [-0.39, 0.29) is 11.8 Å². The van der Waals surface area contributed by atoms with Gasteiger partial charge in [0.1, 0.15) is 17.3 Å². The van der Waals surface area contributed by atoms with Gasteiger partial charge >= 0.3 is 0 Å². The van der Waals surface area contributed by atoms with Crippen LogP contribution in [0.3, 0.4) is 0 Å². The van der Waals surface area contributed by atoms with Crippen molar-refractivity contribution in [2.24, 2.45) is 5.92 Å². The first-order valence-corrected chi connectivity index (χ1v) is 9.92. The molecule has 1 saturated carbocycles. The second-order valence-corrected chi connectivity index (χ2v) is 7.71. The topological polar surface area (TPSA) is 71.8 Å². The molecule has 2 fully saturated rings. The Bertz CT molecular complexity index is 888. The van der Waals surface area contributed by atoms with E-state index in [1.807, 2.05) is 12.1 Å². The summed E-state index contributed by atoms with van der Waals surface area (Å²) < 4.78 is 11.3. The Labute approximate surface area is 164 Å². The van der Waals surface area contributed by atoms with Gasteiger partial charge in [-0.3, -0.25) is 9.59 Å². The molecule has 4 rings (SSSR count). The number of anilines is 2. The monoisotopic (exact) mass is 382 g/mol. The zero-order chi connectivity index (χ0) is 19.7. The molecule has 1 N–H and O–H groups in total. The van der Waals surface area contributed by atoms with Crippen molar-refractivity contribution < 1.29 is 18.7 Å². The van der Waals surface area contributed by atoms with E-state index in [1.165, 1.54) is 6.42 Å². The molecule has 2 unspecified atom stereocenters. The highest BCUT2D eigenvalue weighted by Crippen LogP contribution is 2.47. The van der Waals surface area contributed by atoms with Crippen LogP contribution in [-0.2, 0) is 16.0 Å². The number of nitrogens with zero attached hydrogens (tertiary/aromatic N) is 1. The molecular formula is C22H26N2O4. The summed E-state index contributed by atoms with van der Waals surface area (Å²) in [6.07, 6.45) is 3.48. The van der Waals surface area contributed by atoms with Crippen LogP contribution < -0.4 is 15.0 Å². The SMILES string of the molecule is COc1ccc(NC(=O)CCc2ccc(C3CC3C)o2)cc1N1CCCC1=O. The number of nitrogens with one attached hydrogen (secondary N) is 1. The van der Waals surface area contributed by atoms with Crippen molar-refractivity contribution >= 4 is 23.2 Å². The Kier molecular flexibility index (Phi) is 5.11. The maximum Gasteiger partial charge on any atom is 0.227 e. The van der Waals surface area contributed by atoms with E-state index in [0.717, 1.165) is 17.9 Å². The maximum absolute atomic E-state index is 12.4. The number of aryl methyl sites for hydroxylation is 1. The molecule has 2 amide bonds. The van der Waals surface area contributed by atoms with Crippen molar-refractivity contribution in [3.05, 3.63) is 41.9 Å². The van der Waals surface area contributed by atoms with E-state index in [9.17, 15) is 9.59 Å². The summed E-state index contributed by atoms with van der Waals surface area (Å²) in [6, 6.07) is 9.38. The third kappa shape index (κ3) is 3.91. The number of methoxy groups -OCH3 is 1. The highest BCUT2D eigenvalue weighted by Gasteiger charge is 2.36. The Morgan fingerprint density at radius 1 is 1.32 bits per heavy atom. The minimum absolute atomic E-state index is 0.0818. The van der Waals surface area contributed by atoms with Crippen molar-refractivity contribution in [3.63, 3.8) is 0 Å². The molecule has 1 aromatic heterocycles. The third-order valence-electron chi connectivity index (χ3n) is 5.58. The molecule has 148 valence electrons. The number of carbonyl (C=O) groups excluding carboxylic acids is 2. The largest absolute Gasteiger partial charge is 0.495 e. The van der Waals surface area contributed by atoms with Gasteiger partial charge in [-0.1, -0.05) is 6.92 Å². The van der Waals surface area contributed by atoms with Gasteiger partial charge in [-0.2, -0.15) is 0 Å². The van der Waals surface area contributed by atoms with E-state index < -0.39 is 0 Å². The molecular weight excluding hydrogens is 356 g/mol. The molecule has 0 radical (unpaired) electrons. The molecule has 1 saturated heterocycles. The first kappa shape index (κ1) is 18.6. The number of hydrogen-bond acceptors (Lipinski definition) is 4. The normalized spacial score (nSPS) is 21.1. The summed E-state index contributed by atoms with van der Waals surface area (Å²) in [5.41, 5.74) is 1.37. The first-order chi connectivity index (χ1) is 13.5. The van der Waals surface area contributed by atoms with Gasteiger partial charge in [0.25, 0.3) is 0 Å². The molecule has 6 heteroatoms. The number of rotatable bonds is 7. The summed E-state index contributed by atoms with van der Waals surface area (Å²) in [5.74, 6) is 3.77. The summed E-state index contributed by atoms with van der Waals surface area (Å²) in [4.78, 5) is 26.2. The smallest absolute Gasteiger partial charge is 0.227 e. The van der Waals surface area contributed by atoms with Gasteiger partial charge in [0.15, 0.2) is 0 Å². The zero-order valence-electron chi connectivity index (χ0n) is 16.4. The number of ether oxygens (including phenoxy) is 1. The average molecular weight is 382 g/mol. The van der Waals surface area contributed by atoms with Crippen LogP contribution in [-0.4, -0.2) is 25.5 Å². The molecule has 2 heterocycles. The Morgan fingerprint density at radius 3 is 2.82 bits per heavy atom. The standard InChI is InChI=1S/C22H26N2O4/c1-14-12-17(14)19-9-6-16(28-19)7-10-21(25)23-15-5-8-20(27-2)18(13-15)24-11-3-4-22(24)26/h5-6,8-9,13-14,17H,3-4,7,10-12H2,1-2H3,(H,23,25). The number of amides is 2. The molecule has 2 aliphatic rings. The predicted octanol–water partition coefficient (Wildman–Crippen LogP) is 4.11. The van der Waals surface area contributed by atoms with Gasteiger partial charge in [0.2, 0.25) is 11.8 Å². The number of hydrogen-bond donors (Lipinski definition) is 1. The number of carbonyl (C=O) groups is 2. The Balaban J connectivity index is 1.37. The molecule has 28 heavy (non-hydrogen) atoms. The van der Waals surface area contributed by atoms with Gasteiger partial charge in [-0.15, -0.1) is 0 Å². The lowest BCUT2D eigenvalue weighted by Crippen LogP contribution is -2.24. The van der Waals surface area contributed by atoms with Crippen molar-refractivity contribution in [1.29, 1.82) is 0 Å². The average Bonchev–Trinajstić information content (AvgIpc) is 3.07. The molecule has 1 aliphatic carbocycles. The summed E-state index contributed by atoms with van der Waals surface area (Å²) in [7, 11) is 1.58. The molecule has 6 nitrogen and oxygen atoms in total. The van der Waals surface area contributed by atoms with Crippen LogP contribution in [0.25, 0.3) is 0 Å². The molecule has 1 aliphatic heterocycles. The van der Waals surface area contributed by atoms with E-state index in [0.29, 0.717) is 54.8 Å². The fraction of sp³-hybridized carbons (Fsp3) is 0.455. The highest BCUT2D eigenvalue weighted by molar-refractivity contribution is 5.98. The minimum atomic E-state index is -0.0818. The number of furan rings is 1. The number of benzene rings is 1. The van der Waals surface area contributed by atoms with Gasteiger partial charge in [-0.05, 0) is 49.1 Å². The fourth-order valence-corrected chi connectivity index (χ4v) is 3.79. The maximum atomic E-state index is 12.4. The van der Waals surface area contributed by atoms with Crippen molar-refractivity contribution in [3.8, 4) is 5.75 Å². The van der Waals surface area contributed by atoms with Crippen LogP contribution in [0.15, 0.2) is 34.7 Å². The van der Waals surface area contributed by atoms with Crippen molar-refractivity contribution in [2.75, 3.05) is 23.9 Å². The second-order valence-electron chi connectivity index (χ2n) is 7.71.